The lowest BCUT2D eigenvalue weighted by molar-refractivity contribution is -0.120. The highest BCUT2D eigenvalue weighted by Gasteiger charge is 2.03. The molecule has 0 bridgehead atoms. The number of nitrogens with zero attached hydrogens (tertiary/aromatic N) is 1. The monoisotopic (exact) mass is 226 g/mol. The Morgan fingerprint density at radius 3 is 2.93 bits per heavy atom. The van der Waals surface area contributed by atoms with Crippen LogP contribution in [-0.4, -0.2) is 5.91 Å². The van der Waals surface area contributed by atoms with Crippen molar-refractivity contribution in [2.75, 3.05) is 0 Å². The first kappa shape index (κ1) is 11.5. The zero-order chi connectivity index (χ0) is 11.3. The van der Waals surface area contributed by atoms with Gasteiger partial charge in [0.25, 0.3) is 0 Å². The van der Waals surface area contributed by atoms with E-state index >= 15 is 0 Å². The highest BCUT2D eigenvalue weighted by atomic mass is 35.5. The molecule has 0 saturated heterocycles. The number of benzene rings is 1. The molecule has 0 unspecified atom stereocenters. The van der Waals surface area contributed by atoms with Crippen molar-refractivity contribution >= 4 is 17.5 Å². The fourth-order valence-electron chi connectivity index (χ4n) is 0.985. The van der Waals surface area contributed by atoms with Crippen LogP contribution in [0.25, 0.3) is 0 Å². The predicted molar refractivity (Wildman–Crippen MR) is 53.5 cm³/mol. The number of amides is 1. The molecule has 1 N–H and O–H groups in total. The van der Waals surface area contributed by atoms with Crippen molar-refractivity contribution in [1.29, 1.82) is 5.26 Å². The summed E-state index contributed by atoms with van der Waals surface area (Å²) in [4.78, 5) is 10.9. The normalized spacial score (nSPS) is 9.40. The van der Waals surface area contributed by atoms with Gasteiger partial charge in [-0.3, -0.25) is 4.79 Å². The molecule has 0 heterocycles. The van der Waals surface area contributed by atoms with Crippen molar-refractivity contribution < 1.29 is 9.18 Å². The topological polar surface area (TPSA) is 52.9 Å². The van der Waals surface area contributed by atoms with Gasteiger partial charge < -0.3 is 5.32 Å². The number of hydrogen-bond acceptors (Lipinski definition) is 2. The van der Waals surface area contributed by atoms with Gasteiger partial charge in [-0.1, -0.05) is 17.7 Å². The number of carbonyl (C=O) groups excluding carboxylic acids is 1. The van der Waals surface area contributed by atoms with Crippen LogP contribution in [0.4, 0.5) is 4.39 Å². The molecular weight excluding hydrogens is 219 g/mol. The van der Waals surface area contributed by atoms with Crippen LogP contribution in [0.1, 0.15) is 12.0 Å². The van der Waals surface area contributed by atoms with Crippen molar-refractivity contribution in [2.24, 2.45) is 0 Å². The number of rotatable bonds is 3. The van der Waals surface area contributed by atoms with Crippen LogP contribution >= 0.6 is 11.6 Å². The van der Waals surface area contributed by atoms with Crippen molar-refractivity contribution in [2.45, 2.75) is 13.0 Å². The minimum Gasteiger partial charge on any atom is -0.351 e. The van der Waals surface area contributed by atoms with E-state index in [1.807, 2.05) is 0 Å². The van der Waals surface area contributed by atoms with Gasteiger partial charge >= 0.3 is 0 Å². The van der Waals surface area contributed by atoms with Crippen LogP contribution in [0.3, 0.4) is 0 Å². The van der Waals surface area contributed by atoms with E-state index in [1.54, 1.807) is 6.07 Å². The van der Waals surface area contributed by atoms with Gasteiger partial charge in [0.1, 0.15) is 12.2 Å². The lowest BCUT2D eigenvalue weighted by Crippen LogP contribution is -2.21. The summed E-state index contributed by atoms with van der Waals surface area (Å²) < 4.78 is 12.8. The Hall–Kier alpha value is -1.60. The summed E-state index contributed by atoms with van der Waals surface area (Å²) >= 11 is 5.55. The molecule has 0 spiro atoms. The third-order valence-electron chi connectivity index (χ3n) is 1.71. The molecule has 1 rings (SSSR count). The Morgan fingerprint density at radius 1 is 1.60 bits per heavy atom. The van der Waals surface area contributed by atoms with Crippen LogP contribution in [0.5, 0.6) is 0 Å². The van der Waals surface area contributed by atoms with Crippen molar-refractivity contribution in [3.63, 3.8) is 0 Å². The van der Waals surface area contributed by atoms with Gasteiger partial charge in [-0.25, -0.2) is 4.39 Å². The zero-order valence-electron chi connectivity index (χ0n) is 7.76. The molecular formula is C10H8ClFN2O. The summed E-state index contributed by atoms with van der Waals surface area (Å²) in [5, 5.41) is 10.8. The van der Waals surface area contributed by atoms with Crippen LogP contribution in [0.15, 0.2) is 18.2 Å². The Balaban J connectivity index is 2.55. The van der Waals surface area contributed by atoms with Gasteiger partial charge in [-0.05, 0) is 17.7 Å². The molecule has 0 aliphatic heterocycles. The quantitative estimate of drug-likeness (QED) is 0.857. The standard InChI is InChI=1S/C10H8ClFN2O/c11-8-5-7(1-2-9(8)12)6-14-10(15)3-4-13/h1-2,5H,3,6H2,(H,14,15). The molecule has 1 aromatic rings. The first-order valence-corrected chi connectivity index (χ1v) is 4.59. The number of halogens is 2. The van der Waals surface area contributed by atoms with Crippen molar-refractivity contribution in [3.8, 4) is 6.07 Å². The van der Waals surface area contributed by atoms with E-state index in [2.05, 4.69) is 5.32 Å². The summed E-state index contributed by atoms with van der Waals surface area (Å²) in [5.74, 6) is -0.860. The van der Waals surface area contributed by atoms with E-state index in [0.29, 0.717) is 5.56 Å². The second-order valence-electron chi connectivity index (χ2n) is 2.86. The van der Waals surface area contributed by atoms with Crippen molar-refractivity contribution in [3.05, 3.63) is 34.6 Å². The molecule has 1 aromatic carbocycles. The maximum atomic E-state index is 12.8. The lowest BCUT2D eigenvalue weighted by Gasteiger charge is -2.03. The highest BCUT2D eigenvalue weighted by Crippen LogP contribution is 2.15. The van der Waals surface area contributed by atoms with Crippen LogP contribution < -0.4 is 5.32 Å². The lowest BCUT2D eigenvalue weighted by atomic mass is 10.2. The van der Waals surface area contributed by atoms with Crippen LogP contribution in [0.2, 0.25) is 5.02 Å². The molecule has 15 heavy (non-hydrogen) atoms. The molecule has 3 nitrogen and oxygen atoms in total. The smallest absolute Gasteiger partial charge is 0.234 e. The minimum absolute atomic E-state index is 0.0158. The number of nitrogens with one attached hydrogen (secondary N) is 1. The Labute approximate surface area is 91.5 Å². The maximum absolute atomic E-state index is 12.8. The van der Waals surface area contributed by atoms with Gasteiger partial charge in [0, 0.05) is 6.54 Å². The Morgan fingerprint density at radius 2 is 2.33 bits per heavy atom. The molecule has 0 fully saturated rings. The molecule has 0 aromatic heterocycles. The molecule has 0 aliphatic carbocycles. The molecule has 0 radical (unpaired) electrons. The summed E-state index contributed by atoms with van der Waals surface area (Å²) in [5.41, 5.74) is 0.688. The second kappa shape index (κ2) is 5.32. The molecule has 78 valence electrons. The molecule has 1 amide bonds. The maximum Gasteiger partial charge on any atom is 0.234 e. The minimum atomic E-state index is -0.497. The Kier molecular flexibility index (Phi) is 4.07. The van der Waals surface area contributed by atoms with E-state index in [1.165, 1.54) is 18.2 Å². The van der Waals surface area contributed by atoms with Gasteiger partial charge in [0.15, 0.2) is 0 Å². The van der Waals surface area contributed by atoms with E-state index in [9.17, 15) is 9.18 Å². The van der Waals surface area contributed by atoms with E-state index in [0.717, 1.165) is 0 Å². The average Bonchev–Trinajstić information content (AvgIpc) is 2.20. The van der Waals surface area contributed by atoms with E-state index in [4.69, 9.17) is 16.9 Å². The first-order chi connectivity index (χ1) is 7.13. The predicted octanol–water partition coefficient (Wildman–Crippen LogP) is 2.01. The highest BCUT2D eigenvalue weighted by molar-refractivity contribution is 6.30. The SMILES string of the molecule is N#CCC(=O)NCc1ccc(F)c(Cl)c1. The van der Waals surface area contributed by atoms with Crippen LogP contribution in [0, 0.1) is 17.1 Å². The van der Waals surface area contributed by atoms with E-state index in [-0.39, 0.29) is 23.9 Å². The average molecular weight is 227 g/mol. The van der Waals surface area contributed by atoms with Crippen LogP contribution in [-0.2, 0) is 11.3 Å². The van der Waals surface area contributed by atoms with Gasteiger partial charge in [-0.2, -0.15) is 5.26 Å². The Bertz CT molecular complexity index is 414. The fraction of sp³-hybridized carbons (Fsp3) is 0.200. The summed E-state index contributed by atoms with van der Waals surface area (Å²) in [6.45, 7) is 0.237. The summed E-state index contributed by atoms with van der Waals surface area (Å²) in [6.07, 6.45) is -0.186. The van der Waals surface area contributed by atoms with Gasteiger partial charge in [0.2, 0.25) is 5.91 Å². The molecule has 0 atom stereocenters. The first-order valence-electron chi connectivity index (χ1n) is 4.21. The van der Waals surface area contributed by atoms with Gasteiger partial charge in [0.05, 0.1) is 11.1 Å². The zero-order valence-corrected chi connectivity index (χ0v) is 8.51. The third-order valence-corrected chi connectivity index (χ3v) is 2.00. The second-order valence-corrected chi connectivity index (χ2v) is 3.27. The molecule has 0 aliphatic rings. The number of nitriles is 1. The largest absolute Gasteiger partial charge is 0.351 e. The van der Waals surface area contributed by atoms with Crippen molar-refractivity contribution in [1.82, 2.24) is 5.32 Å². The van der Waals surface area contributed by atoms with Gasteiger partial charge in [-0.15, -0.1) is 0 Å². The number of carbonyl (C=O) groups is 1. The fourth-order valence-corrected chi connectivity index (χ4v) is 1.19. The molecule has 0 saturated carbocycles. The summed E-state index contributed by atoms with van der Waals surface area (Å²) in [6, 6.07) is 5.91. The number of hydrogen-bond donors (Lipinski definition) is 1. The summed E-state index contributed by atoms with van der Waals surface area (Å²) in [7, 11) is 0. The third kappa shape index (κ3) is 3.56. The molecule has 5 heteroatoms. The van der Waals surface area contributed by atoms with E-state index < -0.39 is 5.82 Å².